The number of ether oxygens (including phenoxy) is 1. The Morgan fingerprint density at radius 3 is 2.82 bits per heavy atom. The van der Waals surface area contributed by atoms with Gasteiger partial charge in [0.15, 0.2) is 0 Å². The van der Waals surface area contributed by atoms with Gasteiger partial charge >= 0.3 is 0 Å². The van der Waals surface area contributed by atoms with Gasteiger partial charge in [-0.1, -0.05) is 23.7 Å². The van der Waals surface area contributed by atoms with Gasteiger partial charge in [0.05, 0.1) is 13.2 Å². The molecular weight excluding hydrogens is 236 g/mol. The van der Waals surface area contributed by atoms with Crippen molar-refractivity contribution in [1.29, 1.82) is 0 Å². The Morgan fingerprint density at radius 2 is 2.12 bits per heavy atom. The highest BCUT2D eigenvalue weighted by Crippen LogP contribution is 2.26. The van der Waals surface area contributed by atoms with E-state index in [1.807, 2.05) is 18.2 Å². The summed E-state index contributed by atoms with van der Waals surface area (Å²) in [7, 11) is 0. The molecule has 17 heavy (non-hydrogen) atoms. The molecule has 2 nitrogen and oxygen atoms in total. The van der Waals surface area contributed by atoms with E-state index in [9.17, 15) is 5.11 Å². The smallest absolute Gasteiger partial charge is 0.126 e. The lowest BCUT2D eigenvalue weighted by molar-refractivity contribution is 0.260. The van der Waals surface area contributed by atoms with Gasteiger partial charge in [0.1, 0.15) is 5.75 Å². The van der Waals surface area contributed by atoms with Gasteiger partial charge < -0.3 is 9.84 Å². The second-order valence-electron chi connectivity index (χ2n) is 3.86. The zero-order valence-electron chi connectivity index (χ0n) is 9.99. The first-order valence-corrected chi connectivity index (χ1v) is 6.29. The number of benzene rings is 1. The van der Waals surface area contributed by atoms with Crippen LogP contribution in [0.1, 0.15) is 31.2 Å². The van der Waals surface area contributed by atoms with E-state index in [4.69, 9.17) is 16.3 Å². The molecule has 1 aromatic carbocycles. The molecule has 1 N–H and O–H groups in total. The van der Waals surface area contributed by atoms with E-state index >= 15 is 0 Å². The molecule has 1 rings (SSSR count). The first-order valence-electron chi connectivity index (χ1n) is 5.91. The maximum Gasteiger partial charge on any atom is 0.126 e. The summed E-state index contributed by atoms with van der Waals surface area (Å²) in [5.41, 5.74) is 0.667. The van der Waals surface area contributed by atoms with E-state index in [1.54, 1.807) is 6.07 Å². The molecule has 0 spiro atoms. The molecule has 0 amide bonds. The summed E-state index contributed by atoms with van der Waals surface area (Å²) in [4.78, 5) is 0. The van der Waals surface area contributed by atoms with Gasteiger partial charge in [-0.3, -0.25) is 0 Å². The van der Waals surface area contributed by atoms with E-state index < -0.39 is 0 Å². The molecule has 0 bridgehead atoms. The van der Waals surface area contributed by atoms with Gasteiger partial charge in [-0.15, -0.1) is 6.58 Å². The predicted molar refractivity (Wildman–Crippen MR) is 71.5 cm³/mol. The molecule has 1 aromatic rings. The number of allylic oxidation sites excluding steroid dienone is 1. The molecule has 0 unspecified atom stereocenters. The van der Waals surface area contributed by atoms with E-state index in [-0.39, 0.29) is 6.61 Å². The summed E-state index contributed by atoms with van der Waals surface area (Å²) in [5, 5.41) is 9.75. The quantitative estimate of drug-likeness (QED) is 0.562. The van der Waals surface area contributed by atoms with Crippen molar-refractivity contribution in [2.75, 3.05) is 6.61 Å². The summed E-state index contributed by atoms with van der Waals surface area (Å²) in [6, 6.07) is 5.42. The first-order chi connectivity index (χ1) is 8.29. The van der Waals surface area contributed by atoms with Crippen LogP contribution < -0.4 is 4.74 Å². The number of rotatable bonds is 8. The van der Waals surface area contributed by atoms with Crippen LogP contribution in [0.15, 0.2) is 30.9 Å². The Hall–Kier alpha value is -0.990. The molecular formula is C14H19ClO2. The van der Waals surface area contributed by atoms with Crippen molar-refractivity contribution in [3.63, 3.8) is 0 Å². The van der Waals surface area contributed by atoms with E-state index in [2.05, 4.69) is 6.58 Å². The second kappa shape index (κ2) is 8.15. The van der Waals surface area contributed by atoms with Crippen LogP contribution in [0.4, 0.5) is 0 Å². The summed E-state index contributed by atoms with van der Waals surface area (Å²) in [6.07, 6.45) is 6.27. The number of aliphatic hydroxyl groups excluding tert-OH is 1. The molecule has 0 saturated heterocycles. The van der Waals surface area contributed by atoms with Gasteiger partial charge in [-0.2, -0.15) is 0 Å². The highest BCUT2D eigenvalue weighted by atomic mass is 35.5. The number of hydrogen-bond donors (Lipinski definition) is 1. The SMILES string of the molecule is C=CCCCCCOc1cccc(Cl)c1CO. The van der Waals surface area contributed by atoms with E-state index in [0.29, 0.717) is 22.9 Å². The average molecular weight is 255 g/mol. The standard InChI is InChI=1S/C14H19ClO2/c1-2-3-4-5-6-10-17-14-9-7-8-13(15)12(14)11-16/h2,7-9,16H,1,3-6,10-11H2. The van der Waals surface area contributed by atoms with Gasteiger partial charge in [0.2, 0.25) is 0 Å². The van der Waals surface area contributed by atoms with Crippen LogP contribution in [0, 0.1) is 0 Å². The van der Waals surface area contributed by atoms with Crippen molar-refractivity contribution >= 4 is 11.6 Å². The highest BCUT2D eigenvalue weighted by Gasteiger charge is 2.06. The van der Waals surface area contributed by atoms with Gasteiger partial charge in [0, 0.05) is 10.6 Å². The van der Waals surface area contributed by atoms with Crippen LogP contribution in [0.3, 0.4) is 0 Å². The van der Waals surface area contributed by atoms with Crippen molar-refractivity contribution in [2.45, 2.75) is 32.3 Å². The Morgan fingerprint density at radius 1 is 1.29 bits per heavy atom. The van der Waals surface area contributed by atoms with Crippen LogP contribution >= 0.6 is 11.6 Å². The predicted octanol–water partition coefficient (Wildman–Crippen LogP) is 3.96. The summed E-state index contributed by atoms with van der Waals surface area (Å²) < 4.78 is 5.62. The lowest BCUT2D eigenvalue weighted by atomic mass is 10.2. The topological polar surface area (TPSA) is 29.5 Å². The lowest BCUT2D eigenvalue weighted by Gasteiger charge is -2.11. The molecule has 94 valence electrons. The molecule has 0 fully saturated rings. The van der Waals surface area contributed by atoms with Crippen molar-refractivity contribution in [3.05, 3.63) is 41.4 Å². The number of aliphatic hydroxyl groups is 1. The molecule has 0 saturated carbocycles. The average Bonchev–Trinajstić information content (AvgIpc) is 2.34. The van der Waals surface area contributed by atoms with Crippen molar-refractivity contribution in [2.24, 2.45) is 0 Å². The minimum absolute atomic E-state index is 0.0918. The Kier molecular flexibility index (Phi) is 6.75. The van der Waals surface area contributed by atoms with Gasteiger partial charge in [-0.05, 0) is 37.8 Å². The van der Waals surface area contributed by atoms with Crippen molar-refractivity contribution in [3.8, 4) is 5.75 Å². The maximum atomic E-state index is 9.20. The van der Waals surface area contributed by atoms with E-state index in [0.717, 1.165) is 25.7 Å². The lowest BCUT2D eigenvalue weighted by Crippen LogP contribution is -2.00. The number of hydrogen-bond acceptors (Lipinski definition) is 2. The van der Waals surface area contributed by atoms with Crippen LogP contribution in [0.25, 0.3) is 0 Å². The van der Waals surface area contributed by atoms with Crippen molar-refractivity contribution < 1.29 is 9.84 Å². The van der Waals surface area contributed by atoms with Crippen LogP contribution in [0.2, 0.25) is 5.02 Å². The zero-order valence-corrected chi connectivity index (χ0v) is 10.7. The zero-order chi connectivity index (χ0) is 12.5. The summed E-state index contributed by atoms with van der Waals surface area (Å²) in [5.74, 6) is 0.684. The largest absolute Gasteiger partial charge is 0.493 e. The highest BCUT2D eigenvalue weighted by molar-refractivity contribution is 6.31. The fourth-order valence-electron chi connectivity index (χ4n) is 1.58. The normalized spacial score (nSPS) is 10.2. The number of unbranched alkanes of at least 4 members (excludes halogenated alkanes) is 3. The molecule has 3 heteroatoms. The minimum Gasteiger partial charge on any atom is -0.493 e. The monoisotopic (exact) mass is 254 g/mol. The molecule has 0 aromatic heterocycles. The Labute approximate surface area is 108 Å². The second-order valence-corrected chi connectivity index (χ2v) is 4.27. The van der Waals surface area contributed by atoms with Crippen LogP contribution in [-0.4, -0.2) is 11.7 Å². The maximum absolute atomic E-state index is 9.20. The third-order valence-electron chi connectivity index (χ3n) is 2.54. The number of halogens is 1. The summed E-state index contributed by atoms with van der Waals surface area (Å²) in [6.45, 7) is 4.25. The minimum atomic E-state index is -0.0918. The van der Waals surface area contributed by atoms with Crippen LogP contribution in [0.5, 0.6) is 5.75 Å². The molecule has 0 aliphatic rings. The third kappa shape index (κ3) is 4.80. The van der Waals surface area contributed by atoms with Crippen molar-refractivity contribution in [1.82, 2.24) is 0 Å². The van der Waals surface area contributed by atoms with Gasteiger partial charge in [-0.25, -0.2) is 0 Å². The first kappa shape index (κ1) is 14.1. The fraction of sp³-hybridized carbons (Fsp3) is 0.429. The Bertz CT molecular complexity index is 350. The fourth-order valence-corrected chi connectivity index (χ4v) is 1.80. The Balaban J connectivity index is 2.36. The van der Waals surface area contributed by atoms with Gasteiger partial charge in [0.25, 0.3) is 0 Å². The summed E-state index contributed by atoms with van der Waals surface area (Å²) >= 11 is 5.96. The van der Waals surface area contributed by atoms with Crippen LogP contribution in [-0.2, 0) is 6.61 Å². The molecule has 0 aliphatic carbocycles. The molecule has 0 radical (unpaired) electrons. The molecule has 0 atom stereocenters. The molecule has 0 aliphatic heterocycles. The van der Waals surface area contributed by atoms with E-state index in [1.165, 1.54) is 0 Å². The third-order valence-corrected chi connectivity index (χ3v) is 2.90. The molecule has 0 heterocycles.